The Kier molecular flexibility index (Phi) is 3.06. The zero-order valence-electron chi connectivity index (χ0n) is 10.3. The molecule has 2 rings (SSSR count). The zero-order chi connectivity index (χ0) is 11.1. The van der Waals surface area contributed by atoms with Gasteiger partial charge in [-0.3, -0.25) is 0 Å². The van der Waals surface area contributed by atoms with Crippen molar-refractivity contribution in [1.82, 2.24) is 0 Å². The van der Waals surface area contributed by atoms with Gasteiger partial charge < -0.3 is 8.85 Å². The number of hydrogen-bond donors (Lipinski definition) is 0. The van der Waals surface area contributed by atoms with E-state index in [0.717, 1.165) is 5.92 Å². The van der Waals surface area contributed by atoms with Gasteiger partial charge in [-0.15, -0.1) is 0 Å². The Morgan fingerprint density at radius 3 is 2.20 bits per heavy atom. The first-order valence-electron chi connectivity index (χ1n) is 5.95. The van der Waals surface area contributed by atoms with E-state index >= 15 is 0 Å². The molecule has 1 fully saturated rings. The molecule has 0 heterocycles. The van der Waals surface area contributed by atoms with Gasteiger partial charge in [0.2, 0.25) is 0 Å². The first-order chi connectivity index (χ1) is 7.14. The van der Waals surface area contributed by atoms with Gasteiger partial charge in [0.15, 0.2) is 0 Å². The van der Waals surface area contributed by atoms with Crippen molar-refractivity contribution in [3.8, 4) is 0 Å². The quantitative estimate of drug-likeness (QED) is 0.686. The van der Waals surface area contributed by atoms with Crippen LogP contribution in [0.15, 0.2) is 10.8 Å². The molecule has 1 unspecified atom stereocenters. The van der Waals surface area contributed by atoms with Crippen molar-refractivity contribution in [3.05, 3.63) is 10.8 Å². The highest BCUT2D eigenvalue weighted by atomic mass is 28.4. The maximum absolute atomic E-state index is 5.84. The average Bonchev–Trinajstić information content (AvgIpc) is 2.82. The van der Waals surface area contributed by atoms with Crippen LogP contribution in [0.1, 0.15) is 39.5 Å². The molecule has 0 aromatic carbocycles. The summed E-state index contributed by atoms with van der Waals surface area (Å²) in [5.41, 5.74) is 2.18. The maximum Gasteiger partial charge on any atom is 0.370 e. The van der Waals surface area contributed by atoms with Crippen LogP contribution >= 0.6 is 0 Å². The normalized spacial score (nSPS) is 25.8. The van der Waals surface area contributed by atoms with Crippen LogP contribution in [-0.2, 0) is 8.85 Å². The number of allylic oxidation sites excluding steroid dienone is 2. The van der Waals surface area contributed by atoms with Gasteiger partial charge in [0, 0.05) is 19.8 Å². The highest BCUT2D eigenvalue weighted by Crippen LogP contribution is 2.49. The molecule has 0 N–H and O–H groups in total. The highest BCUT2D eigenvalue weighted by molar-refractivity contribution is 6.76. The van der Waals surface area contributed by atoms with E-state index in [1.807, 2.05) is 14.2 Å². The van der Waals surface area contributed by atoms with Crippen LogP contribution in [0, 0.1) is 5.92 Å². The van der Waals surface area contributed by atoms with Crippen LogP contribution in [0.3, 0.4) is 0 Å². The molecular formula is C12H22O2Si. The second-order valence-corrected chi connectivity index (χ2v) is 9.04. The first-order valence-corrected chi connectivity index (χ1v) is 7.85. The van der Waals surface area contributed by atoms with Gasteiger partial charge >= 0.3 is 8.56 Å². The molecule has 2 bridgehead atoms. The van der Waals surface area contributed by atoms with E-state index in [2.05, 4.69) is 13.8 Å². The third kappa shape index (κ3) is 1.61. The number of hydrogen-bond acceptors (Lipinski definition) is 2. The molecule has 15 heavy (non-hydrogen) atoms. The van der Waals surface area contributed by atoms with E-state index in [9.17, 15) is 0 Å². The predicted molar refractivity (Wildman–Crippen MR) is 63.9 cm³/mol. The van der Waals surface area contributed by atoms with Crippen LogP contribution in [0.2, 0.25) is 5.54 Å². The summed E-state index contributed by atoms with van der Waals surface area (Å²) in [6.45, 7) is 4.47. The fourth-order valence-electron chi connectivity index (χ4n) is 3.35. The molecule has 2 aliphatic carbocycles. The van der Waals surface area contributed by atoms with Gasteiger partial charge in [-0.25, -0.2) is 0 Å². The van der Waals surface area contributed by atoms with Gasteiger partial charge in [0.1, 0.15) is 0 Å². The first kappa shape index (κ1) is 11.4. The third-order valence-electron chi connectivity index (χ3n) is 4.10. The van der Waals surface area contributed by atoms with Gasteiger partial charge in [-0.05, 0) is 36.8 Å². The molecule has 86 valence electrons. The summed E-state index contributed by atoms with van der Waals surface area (Å²) < 4.78 is 11.7. The Hall–Kier alpha value is -0.123. The van der Waals surface area contributed by atoms with Crippen LogP contribution in [0.4, 0.5) is 0 Å². The summed E-state index contributed by atoms with van der Waals surface area (Å²) in [6.07, 6.45) is 5.27. The lowest BCUT2D eigenvalue weighted by Gasteiger charge is -2.34. The minimum absolute atomic E-state index is 0.509. The molecule has 0 aromatic rings. The second kappa shape index (κ2) is 4.04. The lowest BCUT2D eigenvalue weighted by Crippen LogP contribution is -2.46. The Labute approximate surface area is 93.9 Å². The van der Waals surface area contributed by atoms with Crippen molar-refractivity contribution in [3.63, 3.8) is 0 Å². The zero-order valence-corrected chi connectivity index (χ0v) is 11.3. The van der Waals surface area contributed by atoms with E-state index in [4.69, 9.17) is 8.85 Å². The Bertz CT molecular complexity index is 279. The fraction of sp³-hybridized carbons (Fsp3) is 0.833. The summed E-state index contributed by atoms with van der Waals surface area (Å²) >= 11 is 0. The van der Waals surface area contributed by atoms with Crippen molar-refractivity contribution in [2.75, 3.05) is 14.2 Å². The van der Waals surface area contributed by atoms with Gasteiger partial charge in [-0.1, -0.05) is 19.4 Å². The smallest absolute Gasteiger partial charge is 0.370 e. The number of rotatable bonds is 4. The lowest BCUT2D eigenvalue weighted by atomic mass is 10.1. The fourth-order valence-corrected chi connectivity index (χ4v) is 6.94. The van der Waals surface area contributed by atoms with Crippen molar-refractivity contribution in [2.24, 2.45) is 5.92 Å². The summed E-state index contributed by atoms with van der Waals surface area (Å²) in [5, 5.41) is 1.58. The van der Waals surface area contributed by atoms with E-state index in [1.54, 1.807) is 10.8 Å². The van der Waals surface area contributed by atoms with Crippen molar-refractivity contribution in [1.29, 1.82) is 0 Å². The molecule has 0 saturated heterocycles. The average molecular weight is 226 g/mol. The molecule has 0 radical (unpaired) electrons. The topological polar surface area (TPSA) is 18.5 Å². The minimum atomic E-state index is -2.06. The van der Waals surface area contributed by atoms with Gasteiger partial charge in [0.05, 0.1) is 0 Å². The Balaban J connectivity index is 2.33. The minimum Gasteiger partial charge on any atom is -0.394 e. The predicted octanol–water partition coefficient (Wildman–Crippen LogP) is 3.17. The Morgan fingerprint density at radius 2 is 1.87 bits per heavy atom. The number of fused-ring (bicyclic) bond motifs is 2. The standard InChI is InChI=1S/C12H22O2Si/c1-9(2)15(13-3,14-4)12-8-10-5-6-11(12)7-10/h9-10H,5-8H2,1-4H3. The molecule has 1 atom stereocenters. The van der Waals surface area contributed by atoms with E-state index in [1.165, 1.54) is 25.7 Å². The highest BCUT2D eigenvalue weighted by Gasteiger charge is 2.49. The third-order valence-corrected chi connectivity index (χ3v) is 8.23. The van der Waals surface area contributed by atoms with Crippen molar-refractivity contribution in [2.45, 2.75) is 45.1 Å². The molecule has 0 aliphatic heterocycles. The van der Waals surface area contributed by atoms with E-state index < -0.39 is 8.56 Å². The van der Waals surface area contributed by atoms with Gasteiger partial charge in [-0.2, -0.15) is 0 Å². The van der Waals surface area contributed by atoms with Crippen LogP contribution in [-0.4, -0.2) is 22.8 Å². The molecular weight excluding hydrogens is 204 g/mol. The molecule has 0 spiro atoms. The van der Waals surface area contributed by atoms with Crippen LogP contribution in [0.25, 0.3) is 0 Å². The molecule has 1 saturated carbocycles. The molecule has 0 amide bonds. The summed E-state index contributed by atoms with van der Waals surface area (Å²) in [5.74, 6) is 0.908. The largest absolute Gasteiger partial charge is 0.394 e. The summed E-state index contributed by atoms with van der Waals surface area (Å²) in [4.78, 5) is 0. The summed E-state index contributed by atoms with van der Waals surface area (Å²) in [7, 11) is 1.60. The monoisotopic (exact) mass is 226 g/mol. The van der Waals surface area contributed by atoms with Crippen LogP contribution in [0.5, 0.6) is 0 Å². The molecule has 2 aliphatic rings. The molecule has 3 heteroatoms. The van der Waals surface area contributed by atoms with Crippen molar-refractivity contribution < 1.29 is 8.85 Å². The lowest BCUT2D eigenvalue weighted by molar-refractivity contribution is 0.240. The van der Waals surface area contributed by atoms with Gasteiger partial charge in [0.25, 0.3) is 0 Å². The van der Waals surface area contributed by atoms with E-state index in [-0.39, 0.29) is 0 Å². The molecule has 0 aromatic heterocycles. The van der Waals surface area contributed by atoms with Crippen LogP contribution < -0.4 is 0 Å². The molecule has 2 nitrogen and oxygen atoms in total. The van der Waals surface area contributed by atoms with Crippen molar-refractivity contribution >= 4 is 8.56 Å². The SMILES string of the molecule is CO[Si](OC)(C1=C2CCC(C2)C1)C(C)C. The second-order valence-electron chi connectivity index (χ2n) is 5.13. The van der Waals surface area contributed by atoms with E-state index in [0.29, 0.717) is 5.54 Å². The summed E-state index contributed by atoms with van der Waals surface area (Å²) in [6, 6.07) is 0. The maximum atomic E-state index is 5.84. The Morgan fingerprint density at radius 1 is 1.20 bits per heavy atom.